The van der Waals surface area contributed by atoms with Crippen molar-refractivity contribution in [1.82, 2.24) is 9.78 Å². The number of rotatable bonds is 5. The number of fused-ring (bicyclic) bond motifs is 1. The van der Waals surface area contributed by atoms with Crippen molar-refractivity contribution in [2.75, 3.05) is 39.9 Å². The van der Waals surface area contributed by atoms with E-state index in [1.54, 1.807) is 38.1 Å². The molecule has 156 valence electrons. The lowest BCUT2D eigenvalue weighted by Crippen LogP contribution is -2.28. The lowest BCUT2D eigenvalue weighted by atomic mass is 9.86. The van der Waals surface area contributed by atoms with Crippen LogP contribution in [0.5, 0.6) is 17.2 Å². The fraction of sp³-hybridized carbons (Fsp3) is 0.500. The van der Waals surface area contributed by atoms with Crippen molar-refractivity contribution in [2.24, 2.45) is 0 Å². The molecule has 1 amide bonds. The summed E-state index contributed by atoms with van der Waals surface area (Å²) in [6.45, 7) is 1.25. The van der Waals surface area contributed by atoms with Crippen LogP contribution < -0.4 is 25.1 Å². The van der Waals surface area contributed by atoms with Crippen LogP contribution in [-0.2, 0) is 9.53 Å². The van der Waals surface area contributed by atoms with E-state index in [0.717, 1.165) is 12.8 Å². The second kappa shape index (κ2) is 7.82. The molecule has 1 unspecified atom stereocenters. The lowest BCUT2D eigenvalue weighted by Gasteiger charge is -2.28. The Morgan fingerprint density at radius 1 is 1.00 bits per heavy atom. The number of H-pyrrole nitrogens is 1. The molecule has 1 saturated heterocycles. The molecule has 4 rings (SSSR count). The molecule has 1 aromatic heterocycles. The van der Waals surface area contributed by atoms with Crippen molar-refractivity contribution >= 4 is 11.7 Å². The van der Waals surface area contributed by atoms with Crippen molar-refractivity contribution in [2.45, 2.75) is 31.2 Å². The number of nitrogens with one attached hydrogen (secondary N) is 2. The number of nitrogens with zero attached hydrogens (tertiary/aromatic N) is 1. The van der Waals surface area contributed by atoms with Gasteiger partial charge in [0.2, 0.25) is 5.91 Å². The van der Waals surface area contributed by atoms with Gasteiger partial charge in [-0.25, -0.2) is 0 Å². The molecule has 0 bridgehead atoms. The number of methoxy groups -OCH3 is 3. The molecule has 1 fully saturated rings. The first kappa shape index (κ1) is 19.4. The largest absolute Gasteiger partial charge is 0.496 e. The molecular weight excluding hydrogens is 378 g/mol. The van der Waals surface area contributed by atoms with Crippen LogP contribution in [0, 0.1) is 0 Å². The second-order valence-corrected chi connectivity index (χ2v) is 7.17. The molecule has 9 heteroatoms. The van der Waals surface area contributed by atoms with Gasteiger partial charge in [-0.2, -0.15) is 0 Å². The molecule has 0 saturated carbocycles. The van der Waals surface area contributed by atoms with Gasteiger partial charge >= 0.3 is 0 Å². The number of aromatic amines is 1. The summed E-state index contributed by atoms with van der Waals surface area (Å²) in [6, 6.07) is 3.56. The summed E-state index contributed by atoms with van der Waals surface area (Å²) in [5.74, 6) is 1.47. The molecule has 2 aliphatic heterocycles. The monoisotopic (exact) mass is 403 g/mol. The molecule has 1 aromatic carbocycles. The van der Waals surface area contributed by atoms with E-state index in [1.807, 2.05) is 0 Å². The molecule has 2 N–H and O–H groups in total. The molecule has 2 aliphatic rings. The zero-order chi connectivity index (χ0) is 20.5. The number of ether oxygens (including phenoxy) is 4. The molecule has 0 aliphatic carbocycles. The Labute approximate surface area is 167 Å². The van der Waals surface area contributed by atoms with Crippen LogP contribution in [0.15, 0.2) is 16.9 Å². The Balaban J connectivity index is 1.85. The third-order valence-electron chi connectivity index (χ3n) is 5.63. The quantitative estimate of drug-likeness (QED) is 0.792. The second-order valence-electron chi connectivity index (χ2n) is 7.17. The average Bonchev–Trinajstić information content (AvgIpc) is 3.08. The Hall–Kier alpha value is -2.94. The van der Waals surface area contributed by atoms with Crippen molar-refractivity contribution in [1.29, 1.82) is 0 Å². The number of carbonyl (C=O) groups is 1. The highest BCUT2D eigenvalue weighted by Gasteiger charge is 2.36. The fourth-order valence-electron chi connectivity index (χ4n) is 4.19. The maximum absolute atomic E-state index is 12.9. The van der Waals surface area contributed by atoms with Gasteiger partial charge in [0.25, 0.3) is 5.56 Å². The average molecular weight is 403 g/mol. The van der Waals surface area contributed by atoms with Crippen molar-refractivity contribution in [3.8, 4) is 17.2 Å². The summed E-state index contributed by atoms with van der Waals surface area (Å²) in [4.78, 5) is 25.5. The van der Waals surface area contributed by atoms with Crippen LogP contribution in [0.3, 0.4) is 0 Å². The van der Waals surface area contributed by atoms with Gasteiger partial charge in [-0.15, -0.1) is 0 Å². The molecule has 0 spiro atoms. The summed E-state index contributed by atoms with van der Waals surface area (Å²) in [5, 5.41) is 5.82. The smallest absolute Gasteiger partial charge is 0.270 e. The van der Waals surface area contributed by atoms with Gasteiger partial charge in [-0.1, -0.05) is 0 Å². The topological polar surface area (TPSA) is 104 Å². The fourth-order valence-corrected chi connectivity index (χ4v) is 4.19. The minimum atomic E-state index is -0.460. The first-order chi connectivity index (χ1) is 14.1. The predicted molar refractivity (Wildman–Crippen MR) is 105 cm³/mol. The van der Waals surface area contributed by atoms with Crippen LogP contribution in [0.2, 0.25) is 0 Å². The molecular formula is C20H25N3O6. The molecule has 9 nitrogen and oxygen atoms in total. The Morgan fingerprint density at radius 3 is 2.31 bits per heavy atom. The number of hydrogen-bond donors (Lipinski definition) is 2. The first-order valence-corrected chi connectivity index (χ1v) is 9.59. The Kier molecular flexibility index (Phi) is 5.23. The summed E-state index contributed by atoms with van der Waals surface area (Å²) in [5.41, 5.74) is 1.02. The highest BCUT2D eigenvalue weighted by molar-refractivity contribution is 5.94. The standard InChI is InChI=1S/C20H25N3O6/c1-26-14-10-16(28-3)15(27-2)8-12(14)13-9-17(24)21-19-18(13)20(25)22-23(19)11-4-6-29-7-5-11/h8,10-11,13H,4-7,9H2,1-3H3,(H,21,24)(H,22,25). The van der Waals surface area contributed by atoms with E-state index in [9.17, 15) is 9.59 Å². The van der Waals surface area contributed by atoms with E-state index < -0.39 is 5.92 Å². The third-order valence-corrected chi connectivity index (χ3v) is 5.63. The maximum Gasteiger partial charge on any atom is 0.270 e. The van der Waals surface area contributed by atoms with Crippen LogP contribution in [-0.4, -0.2) is 50.2 Å². The Bertz CT molecular complexity index is 973. The molecule has 3 heterocycles. The van der Waals surface area contributed by atoms with Gasteiger partial charge in [0.15, 0.2) is 11.5 Å². The Morgan fingerprint density at radius 2 is 1.66 bits per heavy atom. The van der Waals surface area contributed by atoms with Gasteiger partial charge in [-0.05, 0) is 18.9 Å². The molecule has 0 radical (unpaired) electrons. The van der Waals surface area contributed by atoms with Crippen LogP contribution >= 0.6 is 0 Å². The third kappa shape index (κ3) is 3.35. The van der Waals surface area contributed by atoms with Crippen LogP contribution in [0.25, 0.3) is 0 Å². The number of aromatic nitrogens is 2. The van der Waals surface area contributed by atoms with E-state index >= 15 is 0 Å². The highest BCUT2D eigenvalue weighted by Crippen LogP contribution is 2.44. The lowest BCUT2D eigenvalue weighted by molar-refractivity contribution is -0.116. The van der Waals surface area contributed by atoms with Gasteiger partial charge < -0.3 is 24.3 Å². The van der Waals surface area contributed by atoms with E-state index in [0.29, 0.717) is 47.4 Å². The number of benzene rings is 1. The minimum absolute atomic E-state index is 0.0755. The van der Waals surface area contributed by atoms with Crippen molar-refractivity contribution in [3.05, 3.63) is 33.6 Å². The summed E-state index contributed by atoms with van der Waals surface area (Å²) in [7, 11) is 4.63. The normalized spacial score (nSPS) is 19.4. The summed E-state index contributed by atoms with van der Waals surface area (Å²) in [6.07, 6.45) is 1.69. The molecule has 29 heavy (non-hydrogen) atoms. The predicted octanol–water partition coefficient (Wildman–Crippen LogP) is 2.03. The number of hydrogen-bond acceptors (Lipinski definition) is 6. The number of amides is 1. The first-order valence-electron chi connectivity index (χ1n) is 9.59. The van der Waals surface area contributed by atoms with Crippen LogP contribution in [0.1, 0.15) is 42.3 Å². The van der Waals surface area contributed by atoms with E-state index in [2.05, 4.69) is 10.4 Å². The van der Waals surface area contributed by atoms with E-state index in [4.69, 9.17) is 18.9 Å². The van der Waals surface area contributed by atoms with Crippen molar-refractivity contribution in [3.63, 3.8) is 0 Å². The van der Waals surface area contributed by atoms with Gasteiger partial charge in [0.05, 0.1) is 32.9 Å². The SMILES string of the molecule is COc1cc(OC)c(C2CC(=O)Nc3c2c(=O)[nH]n3C2CCOCC2)cc1OC. The zero-order valence-corrected chi connectivity index (χ0v) is 16.7. The summed E-state index contributed by atoms with van der Waals surface area (Å²) >= 11 is 0. The van der Waals surface area contributed by atoms with Gasteiger partial charge in [0.1, 0.15) is 11.6 Å². The van der Waals surface area contributed by atoms with Gasteiger partial charge in [0, 0.05) is 37.2 Å². The minimum Gasteiger partial charge on any atom is -0.496 e. The van der Waals surface area contributed by atoms with E-state index in [-0.39, 0.29) is 23.9 Å². The van der Waals surface area contributed by atoms with Crippen molar-refractivity contribution < 1.29 is 23.7 Å². The molecule has 1 atom stereocenters. The maximum atomic E-state index is 12.9. The number of anilines is 1. The highest BCUT2D eigenvalue weighted by atomic mass is 16.5. The van der Waals surface area contributed by atoms with E-state index in [1.165, 1.54) is 0 Å². The molecule has 2 aromatic rings. The van der Waals surface area contributed by atoms with Crippen LogP contribution in [0.4, 0.5) is 5.82 Å². The summed E-state index contributed by atoms with van der Waals surface area (Å²) < 4.78 is 23.5. The number of carbonyl (C=O) groups excluding carboxylic acids is 1. The zero-order valence-electron chi connectivity index (χ0n) is 16.7. The van der Waals surface area contributed by atoms with Gasteiger partial charge in [-0.3, -0.25) is 19.4 Å².